The first-order valence-corrected chi connectivity index (χ1v) is 9.02. The van der Waals surface area contributed by atoms with Crippen LogP contribution in [0.2, 0.25) is 0 Å². The van der Waals surface area contributed by atoms with E-state index < -0.39 is 6.10 Å². The summed E-state index contributed by atoms with van der Waals surface area (Å²) in [5, 5.41) is 0. The highest BCUT2D eigenvalue weighted by Gasteiger charge is 2.21. The van der Waals surface area contributed by atoms with Crippen molar-refractivity contribution in [2.24, 2.45) is 0 Å². The average Bonchev–Trinajstić information content (AvgIpc) is 3.05. The number of likely N-dealkylation sites (N-methyl/N-ethyl adjacent to an activating group) is 1. The third-order valence-corrected chi connectivity index (χ3v) is 4.71. The minimum Gasteiger partial charge on any atom is -0.481 e. The fourth-order valence-corrected chi connectivity index (χ4v) is 3.01. The van der Waals surface area contributed by atoms with E-state index in [-0.39, 0.29) is 11.3 Å². The summed E-state index contributed by atoms with van der Waals surface area (Å²) in [6.07, 6.45) is 2.10. The summed E-state index contributed by atoms with van der Waals surface area (Å²) in [5.41, 5.74) is 1.38. The van der Waals surface area contributed by atoms with Crippen molar-refractivity contribution in [1.82, 2.24) is 9.80 Å². The fourth-order valence-electron chi connectivity index (χ4n) is 3.01. The summed E-state index contributed by atoms with van der Waals surface area (Å²) < 4.78 is 5.83. The SMILES string of the molecule is CC(Oc1ccc(C(C)(C)C)cc1)C(=O)N(C)CCN1CCCC1. The zero-order valence-electron chi connectivity index (χ0n) is 15.8. The number of benzene rings is 1. The van der Waals surface area contributed by atoms with E-state index >= 15 is 0 Å². The molecule has 1 amide bonds. The predicted octanol–water partition coefficient (Wildman–Crippen LogP) is 3.31. The van der Waals surface area contributed by atoms with Gasteiger partial charge in [0.15, 0.2) is 6.10 Å². The van der Waals surface area contributed by atoms with Crippen molar-refractivity contribution in [2.75, 3.05) is 33.2 Å². The molecular weight excluding hydrogens is 300 g/mol. The molecule has 0 saturated carbocycles. The van der Waals surface area contributed by atoms with Crippen molar-refractivity contribution in [3.8, 4) is 5.75 Å². The Labute approximate surface area is 146 Å². The van der Waals surface area contributed by atoms with Gasteiger partial charge in [-0.15, -0.1) is 0 Å². The zero-order chi connectivity index (χ0) is 17.7. The van der Waals surface area contributed by atoms with Crippen LogP contribution in [0.1, 0.15) is 46.1 Å². The van der Waals surface area contributed by atoms with Gasteiger partial charge in [0.25, 0.3) is 5.91 Å². The van der Waals surface area contributed by atoms with Gasteiger partial charge in [-0.25, -0.2) is 0 Å². The molecule has 4 nitrogen and oxygen atoms in total. The van der Waals surface area contributed by atoms with Crippen LogP contribution in [-0.2, 0) is 10.2 Å². The number of carbonyl (C=O) groups is 1. The summed E-state index contributed by atoms with van der Waals surface area (Å²) >= 11 is 0. The van der Waals surface area contributed by atoms with Crippen LogP contribution in [-0.4, -0.2) is 55.0 Å². The van der Waals surface area contributed by atoms with E-state index in [2.05, 4.69) is 37.8 Å². The molecule has 24 heavy (non-hydrogen) atoms. The van der Waals surface area contributed by atoms with E-state index in [1.165, 1.54) is 18.4 Å². The van der Waals surface area contributed by atoms with Gasteiger partial charge in [0.05, 0.1) is 0 Å². The highest BCUT2D eigenvalue weighted by Crippen LogP contribution is 2.24. The van der Waals surface area contributed by atoms with Crippen molar-refractivity contribution in [1.29, 1.82) is 0 Å². The number of nitrogens with zero attached hydrogens (tertiary/aromatic N) is 2. The lowest BCUT2D eigenvalue weighted by molar-refractivity contribution is -0.136. The first kappa shape index (κ1) is 18.8. The Kier molecular flexibility index (Phi) is 6.27. The molecule has 0 radical (unpaired) electrons. The second kappa shape index (κ2) is 8.02. The molecule has 1 aromatic rings. The Morgan fingerprint density at radius 3 is 2.33 bits per heavy atom. The van der Waals surface area contributed by atoms with Gasteiger partial charge in [0.2, 0.25) is 0 Å². The average molecular weight is 332 g/mol. The molecule has 1 saturated heterocycles. The maximum Gasteiger partial charge on any atom is 0.263 e. The summed E-state index contributed by atoms with van der Waals surface area (Å²) in [6.45, 7) is 12.4. The normalized spacial score (nSPS) is 16.9. The second-order valence-corrected chi connectivity index (χ2v) is 7.84. The molecule has 1 aliphatic heterocycles. The summed E-state index contributed by atoms with van der Waals surface area (Å²) in [4.78, 5) is 16.7. The monoisotopic (exact) mass is 332 g/mol. The Morgan fingerprint density at radius 1 is 1.21 bits per heavy atom. The van der Waals surface area contributed by atoms with Crippen molar-refractivity contribution >= 4 is 5.91 Å². The Balaban J connectivity index is 1.83. The van der Waals surface area contributed by atoms with Crippen LogP contribution in [0.4, 0.5) is 0 Å². The number of hydrogen-bond acceptors (Lipinski definition) is 3. The number of hydrogen-bond donors (Lipinski definition) is 0. The molecule has 0 N–H and O–H groups in total. The standard InChI is InChI=1S/C20H32N2O2/c1-16(19(23)21(5)14-15-22-12-6-7-13-22)24-18-10-8-17(9-11-18)20(2,3)4/h8-11,16H,6-7,12-15H2,1-5H3. The van der Waals surface area contributed by atoms with Gasteiger partial charge < -0.3 is 14.5 Å². The molecule has 1 heterocycles. The highest BCUT2D eigenvalue weighted by atomic mass is 16.5. The third-order valence-electron chi connectivity index (χ3n) is 4.71. The maximum absolute atomic E-state index is 12.5. The van der Waals surface area contributed by atoms with E-state index in [1.54, 1.807) is 4.90 Å². The predicted molar refractivity (Wildman–Crippen MR) is 98.5 cm³/mol. The molecule has 0 aromatic heterocycles. The number of ether oxygens (including phenoxy) is 1. The van der Waals surface area contributed by atoms with Crippen LogP contribution < -0.4 is 4.74 Å². The van der Waals surface area contributed by atoms with Gasteiger partial charge in [0.1, 0.15) is 5.75 Å². The second-order valence-electron chi connectivity index (χ2n) is 7.84. The highest BCUT2D eigenvalue weighted by molar-refractivity contribution is 5.80. The third kappa shape index (κ3) is 5.23. The van der Waals surface area contributed by atoms with Crippen LogP contribution in [0.15, 0.2) is 24.3 Å². The molecule has 1 unspecified atom stereocenters. The molecule has 1 aliphatic rings. The molecule has 1 fully saturated rings. The van der Waals surface area contributed by atoms with Crippen LogP contribution in [0.3, 0.4) is 0 Å². The zero-order valence-corrected chi connectivity index (χ0v) is 15.8. The topological polar surface area (TPSA) is 32.8 Å². The molecular formula is C20H32N2O2. The molecule has 1 atom stereocenters. The number of carbonyl (C=O) groups excluding carboxylic acids is 1. The van der Waals surface area contributed by atoms with Gasteiger partial charge in [-0.05, 0) is 56.0 Å². The quantitative estimate of drug-likeness (QED) is 0.801. The molecule has 0 bridgehead atoms. The number of rotatable bonds is 6. The van der Waals surface area contributed by atoms with Crippen molar-refractivity contribution in [3.63, 3.8) is 0 Å². The fraction of sp³-hybridized carbons (Fsp3) is 0.650. The first-order chi connectivity index (χ1) is 11.3. The van der Waals surface area contributed by atoms with Crippen molar-refractivity contribution in [2.45, 2.75) is 52.1 Å². The van der Waals surface area contributed by atoms with E-state index in [9.17, 15) is 4.79 Å². The Hall–Kier alpha value is -1.55. The molecule has 1 aromatic carbocycles. The Morgan fingerprint density at radius 2 is 1.79 bits per heavy atom. The largest absolute Gasteiger partial charge is 0.481 e. The van der Waals surface area contributed by atoms with Gasteiger partial charge in [0, 0.05) is 20.1 Å². The van der Waals surface area contributed by atoms with Crippen LogP contribution in [0, 0.1) is 0 Å². The van der Waals surface area contributed by atoms with Crippen LogP contribution in [0.5, 0.6) is 5.75 Å². The number of amides is 1. The summed E-state index contributed by atoms with van der Waals surface area (Å²) in [7, 11) is 1.86. The number of likely N-dealkylation sites (tertiary alicyclic amines) is 1. The lowest BCUT2D eigenvalue weighted by Crippen LogP contribution is -2.41. The molecule has 0 spiro atoms. The lowest BCUT2D eigenvalue weighted by Gasteiger charge is -2.25. The van der Waals surface area contributed by atoms with Gasteiger partial charge >= 0.3 is 0 Å². The summed E-state index contributed by atoms with van der Waals surface area (Å²) in [6, 6.07) is 8.05. The van der Waals surface area contributed by atoms with Crippen LogP contribution in [0.25, 0.3) is 0 Å². The Bertz CT molecular complexity index is 528. The van der Waals surface area contributed by atoms with Gasteiger partial charge in [-0.1, -0.05) is 32.9 Å². The minimum absolute atomic E-state index is 0.0362. The van der Waals surface area contributed by atoms with E-state index in [0.717, 1.165) is 31.9 Å². The van der Waals surface area contributed by atoms with E-state index in [4.69, 9.17) is 4.74 Å². The molecule has 2 rings (SSSR count). The van der Waals surface area contributed by atoms with Crippen molar-refractivity contribution < 1.29 is 9.53 Å². The molecule has 4 heteroatoms. The van der Waals surface area contributed by atoms with E-state index in [0.29, 0.717) is 0 Å². The molecule has 0 aliphatic carbocycles. The maximum atomic E-state index is 12.5. The van der Waals surface area contributed by atoms with Crippen molar-refractivity contribution in [3.05, 3.63) is 29.8 Å². The lowest BCUT2D eigenvalue weighted by atomic mass is 9.87. The minimum atomic E-state index is -0.464. The van der Waals surface area contributed by atoms with Gasteiger partial charge in [-0.2, -0.15) is 0 Å². The van der Waals surface area contributed by atoms with E-state index in [1.807, 2.05) is 26.1 Å². The summed E-state index contributed by atoms with van der Waals surface area (Å²) in [5.74, 6) is 0.783. The molecule has 134 valence electrons. The van der Waals surface area contributed by atoms with Gasteiger partial charge in [-0.3, -0.25) is 4.79 Å². The smallest absolute Gasteiger partial charge is 0.263 e. The first-order valence-electron chi connectivity index (χ1n) is 9.02. The van der Waals surface area contributed by atoms with Crippen LogP contribution >= 0.6 is 0 Å².